The first kappa shape index (κ1) is 19.7. The van der Waals surface area contributed by atoms with Crippen LogP contribution in [0, 0.1) is 0 Å². The van der Waals surface area contributed by atoms with Crippen molar-refractivity contribution in [3.63, 3.8) is 0 Å². The minimum Gasteiger partial charge on any atom is -0.350 e. The van der Waals surface area contributed by atoms with Gasteiger partial charge in [-0.2, -0.15) is 0 Å². The molecule has 0 bridgehead atoms. The quantitative estimate of drug-likeness (QED) is 0.362. The fourth-order valence-corrected chi connectivity index (χ4v) is 4.32. The van der Waals surface area contributed by atoms with Gasteiger partial charge in [0, 0.05) is 6.42 Å². The van der Waals surface area contributed by atoms with E-state index in [0.717, 1.165) is 32.1 Å². The molecule has 1 amide bonds. The lowest BCUT2D eigenvalue weighted by atomic mass is 9.96. The van der Waals surface area contributed by atoms with Crippen molar-refractivity contribution in [2.45, 2.75) is 77.2 Å². The smallest absolute Gasteiger partial charge is 0.220 e. The van der Waals surface area contributed by atoms with Crippen molar-refractivity contribution in [1.82, 2.24) is 5.32 Å². The molecular formula is C25H33NO. The zero-order valence-corrected chi connectivity index (χ0v) is 16.7. The van der Waals surface area contributed by atoms with Gasteiger partial charge in [0.15, 0.2) is 0 Å². The molecule has 0 heterocycles. The number of benzene rings is 2. The van der Waals surface area contributed by atoms with Crippen LogP contribution in [0.1, 0.15) is 81.0 Å². The van der Waals surface area contributed by atoms with Crippen LogP contribution in [0.3, 0.4) is 0 Å². The molecule has 0 saturated heterocycles. The Morgan fingerprint density at radius 1 is 1.04 bits per heavy atom. The largest absolute Gasteiger partial charge is 0.350 e. The average molecular weight is 364 g/mol. The van der Waals surface area contributed by atoms with Crippen LogP contribution >= 0.6 is 0 Å². The first-order valence-electron chi connectivity index (χ1n) is 10.6. The highest BCUT2D eigenvalue weighted by Crippen LogP contribution is 2.34. The maximum Gasteiger partial charge on any atom is 0.220 e. The predicted octanol–water partition coefficient (Wildman–Crippen LogP) is 6.42. The summed E-state index contributed by atoms with van der Waals surface area (Å²) in [6.07, 6.45) is 13.2. The van der Waals surface area contributed by atoms with Gasteiger partial charge in [0.05, 0.1) is 6.04 Å². The van der Waals surface area contributed by atoms with E-state index in [-0.39, 0.29) is 11.9 Å². The van der Waals surface area contributed by atoms with Crippen molar-refractivity contribution >= 4 is 16.7 Å². The molecule has 0 aliphatic heterocycles. The van der Waals surface area contributed by atoms with Crippen molar-refractivity contribution in [3.05, 3.63) is 59.7 Å². The van der Waals surface area contributed by atoms with Gasteiger partial charge in [0.1, 0.15) is 0 Å². The minimum absolute atomic E-state index is 0.0568. The molecule has 2 nitrogen and oxygen atoms in total. The molecule has 2 heteroatoms. The Balaban J connectivity index is 1.47. The third-order valence-corrected chi connectivity index (χ3v) is 5.82. The molecule has 0 aromatic heterocycles. The third kappa shape index (κ3) is 5.00. The number of unbranched alkanes of at least 4 members (excludes halogenated alkanes) is 6. The molecule has 0 saturated carbocycles. The van der Waals surface area contributed by atoms with Crippen LogP contribution in [0.15, 0.2) is 43.0 Å². The molecule has 1 N–H and O–H groups in total. The van der Waals surface area contributed by atoms with E-state index in [4.69, 9.17) is 0 Å². The first-order chi connectivity index (χ1) is 13.2. The molecule has 3 rings (SSSR count). The summed E-state index contributed by atoms with van der Waals surface area (Å²) in [7, 11) is 0. The summed E-state index contributed by atoms with van der Waals surface area (Å²) in [6.45, 7) is 5.86. The standard InChI is InChI=1S/C25H33NO/c1-3-4-5-6-7-8-9-10-14-24(27)26-19(2)22-18-17-21-16-15-20-12-11-13-23(22)25(20)21/h3,11-13,17-19H,1,4-10,14-16H2,2H3,(H,26,27)/t19-/m0/s1. The van der Waals surface area contributed by atoms with Crippen LogP contribution < -0.4 is 5.32 Å². The van der Waals surface area contributed by atoms with Crippen LogP contribution in [-0.2, 0) is 17.6 Å². The highest BCUT2D eigenvalue weighted by Gasteiger charge is 2.18. The Kier molecular flexibility index (Phi) is 7.09. The second kappa shape index (κ2) is 9.73. The van der Waals surface area contributed by atoms with Crippen LogP contribution in [0.2, 0.25) is 0 Å². The van der Waals surface area contributed by atoms with E-state index in [2.05, 4.69) is 49.2 Å². The molecule has 2 aromatic rings. The van der Waals surface area contributed by atoms with E-state index >= 15 is 0 Å². The Morgan fingerprint density at radius 2 is 1.74 bits per heavy atom. The van der Waals surface area contributed by atoms with Gasteiger partial charge in [-0.1, -0.05) is 62.1 Å². The summed E-state index contributed by atoms with van der Waals surface area (Å²) in [5.41, 5.74) is 4.15. The lowest BCUT2D eigenvalue weighted by molar-refractivity contribution is -0.121. The van der Waals surface area contributed by atoms with Crippen molar-refractivity contribution in [2.75, 3.05) is 0 Å². The number of hydrogen-bond acceptors (Lipinski definition) is 1. The Bertz CT molecular complexity index is 782. The van der Waals surface area contributed by atoms with Crippen LogP contribution in [0.4, 0.5) is 0 Å². The predicted molar refractivity (Wildman–Crippen MR) is 115 cm³/mol. The van der Waals surface area contributed by atoms with Crippen LogP contribution in [0.5, 0.6) is 0 Å². The highest BCUT2D eigenvalue weighted by molar-refractivity contribution is 5.93. The molecule has 27 heavy (non-hydrogen) atoms. The van der Waals surface area contributed by atoms with Gasteiger partial charge in [0.2, 0.25) is 5.91 Å². The molecule has 0 fully saturated rings. The Hall–Kier alpha value is -2.09. The molecule has 0 spiro atoms. The average Bonchev–Trinajstić information content (AvgIpc) is 3.09. The van der Waals surface area contributed by atoms with E-state index < -0.39 is 0 Å². The zero-order valence-electron chi connectivity index (χ0n) is 16.7. The molecule has 1 aliphatic rings. The number of allylic oxidation sites excluding steroid dienone is 1. The summed E-state index contributed by atoms with van der Waals surface area (Å²) in [6, 6.07) is 11.1. The summed E-state index contributed by atoms with van der Waals surface area (Å²) in [4.78, 5) is 12.4. The monoisotopic (exact) mass is 363 g/mol. The fraction of sp³-hybridized carbons (Fsp3) is 0.480. The lowest BCUT2D eigenvalue weighted by Gasteiger charge is -2.17. The second-order valence-electron chi connectivity index (χ2n) is 7.89. The second-order valence-corrected chi connectivity index (χ2v) is 7.89. The summed E-state index contributed by atoms with van der Waals surface area (Å²) in [5.74, 6) is 0.178. The summed E-state index contributed by atoms with van der Waals surface area (Å²) in [5, 5.41) is 5.95. The number of hydrogen-bond donors (Lipinski definition) is 1. The van der Waals surface area contributed by atoms with Gasteiger partial charge in [-0.3, -0.25) is 4.79 Å². The van der Waals surface area contributed by atoms with Crippen LogP contribution in [-0.4, -0.2) is 5.91 Å². The molecule has 1 atom stereocenters. The number of carbonyl (C=O) groups excluding carboxylic acids is 1. The number of aryl methyl sites for hydroxylation is 2. The molecule has 0 radical (unpaired) electrons. The van der Waals surface area contributed by atoms with E-state index in [1.165, 1.54) is 53.1 Å². The van der Waals surface area contributed by atoms with E-state index in [0.29, 0.717) is 6.42 Å². The van der Waals surface area contributed by atoms with Gasteiger partial charge < -0.3 is 5.32 Å². The van der Waals surface area contributed by atoms with E-state index in [9.17, 15) is 4.79 Å². The molecule has 144 valence electrons. The van der Waals surface area contributed by atoms with Gasteiger partial charge >= 0.3 is 0 Å². The minimum atomic E-state index is 0.0568. The zero-order chi connectivity index (χ0) is 19.1. The Morgan fingerprint density at radius 3 is 2.52 bits per heavy atom. The number of carbonyl (C=O) groups is 1. The van der Waals surface area contributed by atoms with Crippen molar-refractivity contribution < 1.29 is 4.79 Å². The van der Waals surface area contributed by atoms with Gasteiger partial charge in [-0.25, -0.2) is 0 Å². The van der Waals surface area contributed by atoms with Crippen molar-refractivity contribution in [3.8, 4) is 0 Å². The van der Waals surface area contributed by atoms with Gasteiger partial charge in [0.25, 0.3) is 0 Å². The normalized spacial score (nSPS) is 13.7. The number of rotatable bonds is 11. The number of nitrogens with one attached hydrogen (secondary N) is 1. The van der Waals surface area contributed by atoms with Crippen molar-refractivity contribution in [2.24, 2.45) is 0 Å². The van der Waals surface area contributed by atoms with E-state index in [1.807, 2.05) is 6.08 Å². The Labute approximate surface area is 164 Å². The molecule has 0 unspecified atom stereocenters. The lowest BCUT2D eigenvalue weighted by Crippen LogP contribution is -2.26. The highest BCUT2D eigenvalue weighted by atomic mass is 16.1. The maximum absolute atomic E-state index is 12.4. The summed E-state index contributed by atoms with van der Waals surface area (Å²) < 4.78 is 0. The molecular weight excluding hydrogens is 330 g/mol. The summed E-state index contributed by atoms with van der Waals surface area (Å²) >= 11 is 0. The third-order valence-electron chi connectivity index (χ3n) is 5.82. The maximum atomic E-state index is 12.4. The van der Waals surface area contributed by atoms with Gasteiger partial charge in [-0.05, 0) is 66.5 Å². The van der Waals surface area contributed by atoms with Crippen molar-refractivity contribution in [1.29, 1.82) is 0 Å². The SMILES string of the molecule is C=CCCCCCCCCC(=O)N[C@@H](C)c1ccc2c3c(cccc13)CC2. The fourth-order valence-electron chi connectivity index (χ4n) is 4.32. The van der Waals surface area contributed by atoms with Gasteiger partial charge in [-0.15, -0.1) is 6.58 Å². The van der Waals surface area contributed by atoms with Crippen LogP contribution in [0.25, 0.3) is 10.8 Å². The molecule has 1 aliphatic carbocycles. The first-order valence-corrected chi connectivity index (χ1v) is 10.6. The topological polar surface area (TPSA) is 29.1 Å². The number of amides is 1. The molecule has 2 aromatic carbocycles. The van der Waals surface area contributed by atoms with E-state index in [1.54, 1.807) is 0 Å².